The minimum Gasteiger partial charge on any atom is -0.493 e. The lowest BCUT2D eigenvalue weighted by Gasteiger charge is -2.11. The number of nitrogens with two attached hydrogens (primary N) is 1. The van der Waals surface area contributed by atoms with Crippen LogP contribution in [-0.4, -0.2) is 38.0 Å². The fourth-order valence-electron chi connectivity index (χ4n) is 2.00. The van der Waals surface area contributed by atoms with Gasteiger partial charge in [0.2, 0.25) is 0 Å². The third kappa shape index (κ3) is 5.04. The molecule has 0 aromatic heterocycles. The number of ether oxygens (including phenoxy) is 3. The number of ketones is 1. The maximum Gasteiger partial charge on any atom is 0.338 e. The molecule has 0 bridgehead atoms. The van der Waals surface area contributed by atoms with Crippen LogP contribution in [0, 0.1) is 5.82 Å². The van der Waals surface area contributed by atoms with E-state index in [1.807, 2.05) is 0 Å². The summed E-state index contributed by atoms with van der Waals surface area (Å²) in [6.45, 7) is -0.834. The summed E-state index contributed by atoms with van der Waals surface area (Å²) in [5.41, 5.74) is 5.36. The highest BCUT2D eigenvalue weighted by atomic mass is 19.1. The Hall–Kier alpha value is -3.42. The van der Waals surface area contributed by atoms with Crippen molar-refractivity contribution in [3.63, 3.8) is 0 Å². The van der Waals surface area contributed by atoms with E-state index in [-0.39, 0.29) is 29.2 Å². The van der Waals surface area contributed by atoms with Crippen LogP contribution in [0.2, 0.25) is 0 Å². The van der Waals surface area contributed by atoms with Crippen molar-refractivity contribution in [1.29, 1.82) is 0 Å². The normalized spacial score (nSPS) is 10.1. The van der Waals surface area contributed by atoms with Gasteiger partial charge in [-0.05, 0) is 42.5 Å². The topological polar surface area (TPSA) is 105 Å². The second kappa shape index (κ2) is 8.61. The Morgan fingerprint density at radius 3 is 2.23 bits per heavy atom. The summed E-state index contributed by atoms with van der Waals surface area (Å²) in [4.78, 5) is 34.8. The van der Waals surface area contributed by atoms with Crippen LogP contribution in [0.3, 0.4) is 0 Å². The van der Waals surface area contributed by atoms with Gasteiger partial charge < -0.3 is 19.9 Å². The second-order valence-corrected chi connectivity index (χ2v) is 5.13. The van der Waals surface area contributed by atoms with E-state index >= 15 is 0 Å². The lowest BCUT2D eigenvalue weighted by atomic mass is 10.1. The van der Waals surface area contributed by atoms with E-state index in [1.54, 1.807) is 0 Å². The van der Waals surface area contributed by atoms with Crippen LogP contribution in [0.5, 0.6) is 11.5 Å². The molecule has 2 rings (SSSR count). The van der Waals surface area contributed by atoms with E-state index in [2.05, 4.69) is 0 Å². The lowest BCUT2D eigenvalue weighted by molar-refractivity contribution is -0.119. The van der Waals surface area contributed by atoms with Crippen molar-refractivity contribution in [2.24, 2.45) is 5.73 Å². The molecule has 1 amide bonds. The van der Waals surface area contributed by atoms with Crippen LogP contribution in [0.1, 0.15) is 20.7 Å². The molecule has 0 saturated heterocycles. The number of benzene rings is 2. The smallest absolute Gasteiger partial charge is 0.338 e. The Labute approximate surface area is 148 Å². The molecule has 0 spiro atoms. The molecule has 0 atom stereocenters. The van der Waals surface area contributed by atoms with Gasteiger partial charge in [-0.15, -0.1) is 0 Å². The Balaban J connectivity index is 2.01. The van der Waals surface area contributed by atoms with Gasteiger partial charge >= 0.3 is 5.97 Å². The zero-order valence-corrected chi connectivity index (χ0v) is 13.9. The number of carbonyl (C=O) groups is 3. The minimum atomic E-state index is -0.750. The molecule has 2 aromatic carbocycles. The maximum atomic E-state index is 12.8. The van der Waals surface area contributed by atoms with Crippen molar-refractivity contribution in [2.45, 2.75) is 0 Å². The van der Waals surface area contributed by atoms with E-state index in [4.69, 9.17) is 19.9 Å². The molecule has 26 heavy (non-hydrogen) atoms. The van der Waals surface area contributed by atoms with Crippen molar-refractivity contribution >= 4 is 17.7 Å². The average molecular weight is 361 g/mol. The Morgan fingerprint density at radius 1 is 0.962 bits per heavy atom. The highest BCUT2D eigenvalue weighted by molar-refractivity contribution is 5.99. The van der Waals surface area contributed by atoms with Crippen LogP contribution in [0.15, 0.2) is 42.5 Å². The number of methoxy groups -OCH3 is 1. The number of esters is 1. The number of amides is 1. The van der Waals surface area contributed by atoms with E-state index in [0.717, 1.165) is 12.1 Å². The summed E-state index contributed by atoms with van der Waals surface area (Å²) in [5.74, 6) is -1.91. The van der Waals surface area contributed by atoms with Crippen molar-refractivity contribution in [3.05, 3.63) is 59.4 Å². The first kappa shape index (κ1) is 18.9. The highest BCUT2D eigenvalue weighted by Crippen LogP contribution is 2.28. The third-order valence-electron chi connectivity index (χ3n) is 3.27. The zero-order valence-electron chi connectivity index (χ0n) is 13.9. The summed E-state index contributed by atoms with van der Waals surface area (Å²) >= 11 is 0. The average Bonchev–Trinajstić information content (AvgIpc) is 2.64. The van der Waals surface area contributed by atoms with Crippen molar-refractivity contribution in [3.8, 4) is 11.5 Å². The molecule has 8 heteroatoms. The van der Waals surface area contributed by atoms with Gasteiger partial charge in [0.15, 0.2) is 30.5 Å². The van der Waals surface area contributed by atoms with Crippen LogP contribution in [0.25, 0.3) is 0 Å². The van der Waals surface area contributed by atoms with Crippen LogP contribution >= 0.6 is 0 Å². The Morgan fingerprint density at radius 2 is 1.62 bits per heavy atom. The summed E-state index contributed by atoms with van der Waals surface area (Å²) in [5, 5.41) is 0. The predicted octanol–water partition coefficient (Wildman–Crippen LogP) is 1.74. The molecule has 2 aromatic rings. The maximum absolute atomic E-state index is 12.8. The van der Waals surface area contributed by atoms with Gasteiger partial charge in [-0.25, -0.2) is 9.18 Å². The number of hydrogen-bond donors (Lipinski definition) is 1. The number of rotatable bonds is 8. The fourth-order valence-corrected chi connectivity index (χ4v) is 2.00. The minimum absolute atomic E-state index is 0.125. The largest absolute Gasteiger partial charge is 0.493 e. The first-order valence-electron chi connectivity index (χ1n) is 7.45. The molecule has 0 radical (unpaired) electrons. The summed E-state index contributed by atoms with van der Waals surface area (Å²) in [7, 11) is 1.36. The number of carbonyl (C=O) groups excluding carboxylic acids is 3. The van der Waals surface area contributed by atoms with Gasteiger partial charge in [-0.3, -0.25) is 9.59 Å². The standard InChI is InChI=1S/C18H16FNO6/c1-24-16-8-12(4-7-15(16)25-10-17(20)22)18(23)26-9-14(21)11-2-5-13(19)6-3-11/h2-8H,9-10H2,1H3,(H2,20,22). The van der Waals surface area contributed by atoms with Crippen LogP contribution < -0.4 is 15.2 Å². The zero-order chi connectivity index (χ0) is 19.1. The number of Topliss-reactive ketones (excluding diaryl/α,β-unsaturated/α-hetero) is 1. The van der Waals surface area contributed by atoms with Gasteiger partial charge in [0.1, 0.15) is 5.82 Å². The Kier molecular flexibility index (Phi) is 6.26. The predicted molar refractivity (Wildman–Crippen MR) is 88.7 cm³/mol. The van der Waals surface area contributed by atoms with Gasteiger partial charge in [-0.2, -0.15) is 0 Å². The molecule has 0 heterocycles. The molecule has 7 nitrogen and oxygen atoms in total. The molecular formula is C18H16FNO6. The summed E-state index contributed by atoms with van der Waals surface area (Å²) in [6.07, 6.45) is 0. The molecule has 136 valence electrons. The van der Waals surface area contributed by atoms with E-state index in [0.29, 0.717) is 0 Å². The third-order valence-corrected chi connectivity index (χ3v) is 3.27. The first-order chi connectivity index (χ1) is 12.4. The molecule has 0 aliphatic rings. The monoisotopic (exact) mass is 361 g/mol. The quantitative estimate of drug-likeness (QED) is 0.567. The Bertz CT molecular complexity index is 819. The van der Waals surface area contributed by atoms with E-state index in [1.165, 1.54) is 37.4 Å². The molecule has 0 unspecified atom stereocenters. The molecule has 0 saturated carbocycles. The van der Waals surface area contributed by atoms with Gasteiger partial charge in [0.05, 0.1) is 12.7 Å². The fraction of sp³-hybridized carbons (Fsp3) is 0.167. The number of primary amides is 1. The number of hydrogen-bond acceptors (Lipinski definition) is 6. The molecule has 2 N–H and O–H groups in total. The second-order valence-electron chi connectivity index (χ2n) is 5.13. The van der Waals surface area contributed by atoms with E-state index < -0.39 is 30.1 Å². The van der Waals surface area contributed by atoms with Crippen molar-refractivity contribution in [2.75, 3.05) is 20.3 Å². The molecule has 0 aliphatic heterocycles. The first-order valence-corrected chi connectivity index (χ1v) is 7.45. The number of halogens is 1. The van der Waals surface area contributed by atoms with Gasteiger partial charge in [0, 0.05) is 5.56 Å². The lowest BCUT2D eigenvalue weighted by Crippen LogP contribution is -2.20. The molecule has 0 fully saturated rings. The van der Waals surface area contributed by atoms with Gasteiger partial charge in [0.25, 0.3) is 5.91 Å². The molecule has 0 aliphatic carbocycles. The van der Waals surface area contributed by atoms with Gasteiger partial charge in [-0.1, -0.05) is 0 Å². The van der Waals surface area contributed by atoms with E-state index in [9.17, 15) is 18.8 Å². The van der Waals surface area contributed by atoms with Crippen molar-refractivity contribution < 1.29 is 33.0 Å². The summed E-state index contributed by atoms with van der Waals surface area (Å²) < 4.78 is 28.0. The summed E-state index contributed by atoms with van der Waals surface area (Å²) in [6, 6.07) is 9.05. The molecular weight excluding hydrogens is 345 g/mol. The van der Waals surface area contributed by atoms with Crippen LogP contribution in [0.4, 0.5) is 4.39 Å². The van der Waals surface area contributed by atoms with Crippen molar-refractivity contribution in [1.82, 2.24) is 0 Å². The SMILES string of the molecule is COc1cc(C(=O)OCC(=O)c2ccc(F)cc2)ccc1OCC(N)=O. The highest BCUT2D eigenvalue weighted by Gasteiger charge is 2.15. The van der Waals surface area contributed by atoms with Crippen LogP contribution in [-0.2, 0) is 9.53 Å².